The highest BCUT2D eigenvalue weighted by molar-refractivity contribution is 6.02. The molecule has 2 heterocycles. The van der Waals surface area contributed by atoms with Crippen molar-refractivity contribution >= 4 is 17.3 Å². The molecule has 6 heteroatoms. The predicted molar refractivity (Wildman–Crippen MR) is 94.9 cm³/mol. The zero-order valence-corrected chi connectivity index (χ0v) is 13.3. The molecule has 0 saturated carbocycles. The Labute approximate surface area is 145 Å². The SMILES string of the molecule is N#Cc1ccc(NC(=O)c2ccc(NCc3ccccn3)cn2)cc1. The molecule has 3 rings (SSSR count). The third kappa shape index (κ3) is 4.39. The van der Waals surface area contributed by atoms with Crippen LogP contribution in [-0.2, 0) is 6.54 Å². The minimum absolute atomic E-state index is 0.305. The molecule has 0 unspecified atom stereocenters. The maximum absolute atomic E-state index is 12.2. The van der Waals surface area contributed by atoms with Crippen LogP contribution in [0.15, 0.2) is 67.0 Å². The summed E-state index contributed by atoms with van der Waals surface area (Å²) in [6, 6.07) is 17.9. The first-order valence-corrected chi connectivity index (χ1v) is 7.66. The first-order chi connectivity index (χ1) is 12.2. The van der Waals surface area contributed by atoms with Gasteiger partial charge in [-0.1, -0.05) is 6.07 Å². The van der Waals surface area contributed by atoms with Gasteiger partial charge >= 0.3 is 0 Å². The maximum atomic E-state index is 12.2. The molecule has 0 aliphatic rings. The lowest BCUT2D eigenvalue weighted by molar-refractivity contribution is 0.102. The number of aromatic nitrogens is 2. The smallest absolute Gasteiger partial charge is 0.274 e. The van der Waals surface area contributed by atoms with Gasteiger partial charge in [0.05, 0.1) is 35.8 Å². The van der Waals surface area contributed by atoms with Crippen LogP contribution in [0.3, 0.4) is 0 Å². The van der Waals surface area contributed by atoms with Crippen LogP contribution in [0, 0.1) is 11.3 Å². The summed E-state index contributed by atoms with van der Waals surface area (Å²) in [6.45, 7) is 0.583. The zero-order chi connectivity index (χ0) is 17.5. The summed E-state index contributed by atoms with van der Waals surface area (Å²) in [4.78, 5) is 20.6. The van der Waals surface area contributed by atoms with Crippen molar-refractivity contribution in [3.8, 4) is 6.07 Å². The van der Waals surface area contributed by atoms with Crippen molar-refractivity contribution < 1.29 is 4.79 Å². The Morgan fingerprint density at radius 3 is 2.44 bits per heavy atom. The average molecular weight is 329 g/mol. The molecular weight excluding hydrogens is 314 g/mol. The Bertz CT molecular complexity index is 884. The third-order valence-electron chi connectivity index (χ3n) is 3.47. The number of pyridine rings is 2. The Morgan fingerprint density at radius 1 is 1.00 bits per heavy atom. The highest BCUT2D eigenvalue weighted by Crippen LogP contribution is 2.12. The Balaban J connectivity index is 1.59. The lowest BCUT2D eigenvalue weighted by Crippen LogP contribution is -2.13. The third-order valence-corrected chi connectivity index (χ3v) is 3.47. The van der Waals surface area contributed by atoms with Gasteiger partial charge in [0, 0.05) is 11.9 Å². The second-order valence-corrected chi connectivity index (χ2v) is 5.25. The van der Waals surface area contributed by atoms with E-state index in [4.69, 9.17) is 5.26 Å². The van der Waals surface area contributed by atoms with Crippen LogP contribution in [0.25, 0.3) is 0 Å². The zero-order valence-electron chi connectivity index (χ0n) is 13.3. The molecule has 2 aromatic heterocycles. The number of carbonyl (C=O) groups excluding carboxylic acids is 1. The van der Waals surface area contributed by atoms with Gasteiger partial charge in [0.2, 0.25) is 0 Å². The molecule has 0 atom stereocenters. The highest BCUT2D eigenvalue weighted by Gasteiger charge is 2.07. The first-order valence-electron chi connectivity index (χ1n) is 7.66. The van der Waals surface area contributed by atoms with Crippen molar-refractivity contribution in [2.24, 2.45) is 0 Å². The molecule has 25 heavy (non-hydrogen) atoms. The van der Waals surface area contributed by atoms with Crippen molar-refractivity contribution in [2.75, 3.05) is 10.6 Å². The van der Waals surface area contributed by atoms with Crippen molar-refractivity contribution in [3.05, 3.63) is 83.9 Å². The van der Waals surface area contributed by atoms with Crippen LogP contribution >= 0.6 is 0 Å². The predicted octanol–water partition coefficient (Wildman–Crippen LogP) is 3.21. The molecule has 122 valence electrons. The van der Waals surface area contributed by atoms with Crippen LogP contribution in [0.1, 0.15) is 21.7 Å². The molecule has 0 aliphatic carbocycles. The molecule has 0 spiro atoms. The van der Waals surface area contributed by atoms with Crippen molar-refractivity contribution in [2.45, 2.75) is 6.54 Å². The van der Waals surface area contributed by atoms with E-state index < -0.39 is 0 Å². The fourth-order valence-electron chi connectivity index (χ4n) is 2.15. The standard InChI is InChI=1S/C19H15N5O/c20-11-14-4-6-15(7-5-14)24-19(25)18-9-8-17(13-23-18)22-12-16-3-1-2-10-21-16/h1-10,13,22H,12H2,(H,24,25). The summed E-state index contributed by atoms with van der Waals surface area (Å²) in [5.74, 6) is -0.305. The number of nitrogens with zero attached hydrogens (tertiary/aromatic N) is 3. The lowest BCUT2D eigenvalue weighted by atomic mass is 10.2. The minimum Gasteiger partial charge on any atom is -0.378 e. The van der Waals surface area contributed by atoms with Crippen LogP contribution in [0.4, 0.5) is 11.4 Å². The van der Waals surface area contributed by atoms with E-state index in [9.17, 15) is 4.79 Å². The fraction of sp³-hybridized carbons (Fsp3) is 0.0526. The van der Waals surface area contributed by atoms with E-state index >= 15 is 0 Å². The largest absolute Gasteiger partial charge is 0.378 e. The normalized spacial score (nSPS) is 9.88. The van der Waals surface area contributed by atoms with Gasteiger partial charge in [0.1, 0.15) is 5.69 Å². The Hall–Kier alpha value is -3.72. The summed E-state index contributed by atoms with van der Waals surface area (Å²) in [6.07, 6.45) is 3.35. The molecular formula is C19H15N5O. The van der Waals surface area contributed by atoms with Gasteiger partial charge in [-0.25, -0.2) is 4.98 Å². The molecule has 1 amide bonds. The second kappa shape index (κ2) is 7.70. The van der Waals surface area contributed by atoms with Crippen molar-refractivity contribution in [3.63, 3.8) is 0 Å². The van der Waals surface area contributed by atoms with E-state index in [1.807, 2.05) is 24.3 Å². The van der Waals surface area contributed by atoms with Crippen LogP contribution < -0.4 is 10.6 Å². The number of nitrogens with one attached hydrogen (secondary N) is 2. The van der Waals surface area contributed by atoms with E-state index in [-0.39, 0.29) is 5.91 Å². The van der Waals surface area contributed by atoms with Crippen LogP contribution in [0.5, 0.6) is 0 Å². The van der Waals surface area contributed by atoms with Gasteiger partial charge in [-0.15, -0.1) is 0 Å². The minimum atomic E-state index is -0.305. The van der Waals surface area contributed by atoms with Gasteiger partial charge in [0.15, 0.2) is 0 Å². The molecule has 0 radical (unpaired) electrons. The topological polar surface area (TPSA) is 90.7 Å². The van der Waals surface area contributed by atoms with Gasteiger partial charge in [0.25, 0.3) is 5.91 Å². The molecule has 1 aromatic carbocycles. The van der Waals surface area contributed by atoms with E-state index in [0.29, 0.717) is 23.5 Å². The number of carbonyl (C=O) groups is 1. The number of rotatable bonds is 5. The van der Waals surface area contributed by atoms with Gasteiger partial charge in [-0.3, -0.25) is 9.78 Å². The molecule has 0 saturated heterocycles. The molecule has 0 bridgehead atoms. The van der Waals surface area contributed by atoms with Crippen molar-refractivity contribution in [1.82, 2.24) is 9.97 Å². The number of amides is 1. The molecule has 0 fully saturated rings. The summed E-state index contributed by atoms with van der Waals surface area (Å²) < 4.78 is 0. The van der Waals surface area contributed by atoms with E-state index in [0.717, 1.165) is 11.4 Å². The number of nitriles is 1. The fourth-order valence-corrected chi connectivity index (χ4v) is 2.15. The van der Waals surface area contributed by atoms with E-state index in [2.05, 4.69) is 20.6 Å². The summed E-state index contributed by atoms with van der Waals surface area (Å²) >= 11 is 0. The number of hydrogen-bond acceptors (Lipinski definition) is 5. The maximum Gasteiger partial charge on any atom is 0.274 e. The Morgan fingerprint density at radius 2 is 1.80 bits per heavy atom. The highest BCUT2D eigenvalue weighted by atomic mass is 16.1. The molecule has 3 aromatic rings. The molecule has 6 nitrogen and oxygen atoms in total. The number of benzene rings is 1. The summed E-state index contributed by atoms with van der Waals surface area (Å²) in [7, 11) is 0. The second-order valence-electron chi connectivity index (χ2n) is 5.25. The average Bonchev–Trinajstić information content (AvgIpc) is 2.68. The van der Waals surface area contributed by atoms with E-state index in [1.54, 1.807) is 48.8 Å². The summed E-state index contributed by atoms with van der Waals surface area (Å²) in [5, 5.41) is 14.7. The number of anilines is 2. The molecule has 0 aliphatic heterocycles. The van der Waals surface area contributed by atoms with Crippen LogP contribution in [0.2, 0.25) is 0 Å². The first kappa shape index (κ1) is 16.1. The van der Waals surface area contributed by atoms with Gasteiger partial charge < -0.3 is 10.6 Å². The van der Waals surface area contributed by atoms with Crippen LogP contribution in [-0.4, -0.2) is 15.9 Å². The van der Waals surface area contributed by atoms with Gasteiger partial charge in [-0.2, -0.15) is 5.26 Å². The van der Waals surface area contributed by atoms with E-state index in [1.165, 1.54) is 0 Å². The monoisotopic (exact) mass is 329 g/mol. The molecule has 2 N–H and O–H groups in total. The summed E-state index contributed by atoms with van der Waals surface area (Å²) in [5.41, 5.74) is 3.20. The Kier molecular flexibility index (Phi) is 4.98. The number of hydrogen-bond donors (Lipinski definition) is 2. The van der Waals surface area contributed by atoms with Gasteiger partial charge in [-0.05, 0) is 48.5 Å². The quantitative estimate of drug-likeness (QED) is 0.750. The van der Waals surface area contributed by atoms with Crippen molar-refractivity contribution in [1.29, 1.82) is 5.26 Å². The lowest BCUT2D eigenvalue weighted by Gasteiger charge is -2.07.